The summed E-state index contributed by atoms with van der Waals surface area (Å²) in [5, 5.41) is 6.16. The van der Waals surface area contributed by atoms with Crippen LogP contribution >= 0.6 is 0 Å². The molecule has 0 aliphatic carbocycles. The van der Waals surface area contributed by atoms with Crippen LogP contribution in [-0.4, -0.2) is 17.4 Å². The number of pyridine rings is 1. The van der Waals surface area contributed by atoms with Crippen LogP contribution in [0.2, 0.25) is 0 Å². The normalized spacial score (nSPS) is 10.2. The van der Waals surface area contributed by atoms with Gasteiger partial charge in [-0.3, -0.25) is 9.78 Å². The quantitative estimate of drug-likeness (QED) is 0.856. The molecule has 2 aromatic rings. The second-order valence-electron chi connectivity index (χ2n) is 4.97. The van der Waals surface area contributed by atoms with Crippen molar-refractivity contribution >= 4 is 11.6 Å². The Balaban J connectivity index is 2.01. The van der Waals surface area contributed by atoms with E-state index in [1.807, 2.05) is 25.1 Å². The smallest absolute Gasteiger partial charge is 0.269 e. The summed E-state index contributed by atoms with van der Waals surface area (Å²) in [6, 6.07) is 11.9. The van der Waals surface area contributed by atoms with E-state index in [0.717, 1.165) is 18.7 Å². The molecule has 0 saturated carbocycles. The highest BCUT2D eigenvalue weighted by molar-refractivity contribution is 5.93. The van der Waals surface area contributed by atoms with E-state index in [2.05, 4.69) is 34.7 Å². The average molecular weight is 283 g/mol. The zero-order chi connectivity index (χ0) is 15.1. The Kier molecular flexibility index (Phi) is 5.32. The first-order valence-corrected chi connectivity index (χ1v) is 7.23. The second-order valence-corrected chi connectivity index (χ2v) is 4.97. The molecule has 1 heterocycles. The number of anilines is 1. The predicted molar refractivity (Wildman–Crippen MR) is 85.4 cm³/mol. The van der Waals surface area contributed by atoms with Crippen molar-refractivity contribution in [3.8, 4) is 0 Å². The van der Waals surface area contributed by atoms with Gasteiger partial charge in [0.05, 0.1) is 0 Å². The molecule has 21 heavy (non-hydrogen) atoms. The van der Waals surface area contributed by atoms with E-state index in [1.54, 1.807) is 12.3 Å². The van der Waals surface area contributed by atoms with Gasteiger partial charge in [-0.2, -0.15) is 0 Å². The number of carbonyl (C=O) groups is 1. The molecule has 0 radical (unpaired) electrons. The molecule has 2 N–H and O–H groups in total. The molecule has 4 heteroatoms. The summed E-state index contributed by atoms with van der Waals surface area (Å²) < 4.78 is 0. The van der Waals surface area contributed by atoms with Crippen LogP contribution in [0.15, 0.2) is 42.6 Å². The summed E-state index contributed by atoms with van der Waals surface area (Å²) in [6.07, 6.45) is 2.57. The lowest BCUT2D eigenvalue weighted by Crippen LogP contribution is -2.24. The molecule has 0 bridgehead atoms. The highest BCUT2D eigenvalue weighted by atomic mass is 16.1. The van der Waals surface area contributed by atoms with Crippen LogP contribution in [0.1, 0.15) is 35.0 Å². The highest BCUT2D eigenvalue weighted by Gasteiger charge is 2.07. The van der Waals surface area contributed by atoms with E-state index in [9.17, 15) is 4.79 Å². The van der Waals surface area contributed by atoms with Gasteiger partial charge in [-0.25, -0.2) is 0 Å². The number of nitrogens with one attached hydrogen (secondary N) is 2. The first-order chi connectivity index (χ1) is 10.2. The monoisotopic (exact) mass is 283 g/mol. The van der Waals surface area contributed by atoms with Crippen molar-refractivity contribution in [1.29, 1.82) is 0 Å². The molecular formula is C17H21N3O. The Hall–Kier alpha value is -2.36. The van der Waals surface area contributed by atoms with Crippen molar-refractivity contribution in [2.75, 3.05) is 11.9 Å². The zero-order valence-corrected chi connectivity index (χ0v) is 12.5. The number of aryl methyl sites for hydroxylation is 1. The first kappa shape index (κ1) is 15.0. The minimum Gasteiger partial charge on any atom is -0.381 e. The predicted octanol–water partition coefficient (Wildman–Crippen LogP) is 3.14. The molecule has 2 rings (SSSR count). The van der Waals surface area contributed by atoms with E-state index in [0.29, 0.717) is 12.2 Å². The van der Waals surface area contributed by atoms with Gasteiger partial charge < -0.3 is 10.6 Å². The molecule has 0 aliphatic rings. The standard InChI is InChI=1S/C17H21N3O/c1-3-9-19-17(21)16-11-15(8-10-18-16)20-12-14-7-5-4-6-13(14)2/h4-8,10-11H,3,9,12H2,1-2H3,(H,18,20)(H,19,21). The fourth-order valence-corrected chi connectivity index (χ4v) is 2.00. The zero-order valence-electron chi connectivity index (χ0n) is 12.5. The fraction of sp³-hybridized carbons (Fsp3) is 0.294. The molecule has 1 aromatic carbocycles. The van der Waals surface area contributed by atoms with Crippen molar-refractivity contribution < 1.29 is 4.79 Å². The maximum Gasteiger partial charge on any atom is 0.269 e. The lowest BCUT2D eigenvalue weighted by atomic mass is 10.1. The van der Waals surface area contributed by atoms with Gasteiger partial charge in [0.25, 0.3) is 5.91 Å². The number of carbonyl (C=O) groups excluding carboxylic acids is 1. The number of nitrogens with zero attached hydrogens (tertiary/aromatic N) is 1. The summed E-state index contributed by atoms with van der Waals surface area (Å²) in [5.74, 6) is -0.128. The van der Waals surface area contributed by atoms with Crippen LogP contribution in [0, 0.1) is 6.92 Å². The van der Waals surface area contributed by atoms with Gasteiger partial charge in [0.2, 0.25) is 0 Å². The number of hydrogen-bond acceptors (Lipinski definition) is 3. The lowest BCUT2D eigenvalue weighted by Gasteiger charge is -2.10. The second kappa shape index (κ2) is 7.43. The van der Waals surface area contributed by atoms with Crippen LogP contribution in [0.5, 0.6) is 0 Å². The Bertz CT molecular complexity index is 610. The van der Waals surface area contributed by atoms with E-state index in [4.69, 9.17) is 0 Å². The van der Waals surface area contributed by atoms with Crippen molar-refractivity contribution in [3.05, 3.63) is 59.4 Å². The molecule has 0 spiro atoms. The minimum atomic E-state index is -0.128. The number of aromatic nitrogens is 1. The summed E-state index contributed by atoms with van der Waals surface area (Å²) in [6.45, 7) is 5.51. The molecule has 1 aromatic heterocycles. The van der Waals surface area contributed by atoms with Gasteiger partial charge in [-0.1, -0.05) is 31.2 Å². The third kappa shape index (κ3) is 4.31. The largest absolute Gasteiger partial charge is 0.381 e. The minimum absolute atomic E-state index is 0.128. The van der Waals surface area contributed by atoms with Crippen LogP contribution < -0.4 is 10.6 Å². The van der Waals surface area contributed by atoms with E-state index < -0.39 is 0 Å². The van der Waals surface area contributed by atoms with Gasteiger partial charge in [-0.15, -0.1) is 0 Å². The van der Waals surface area contributed by atoms with Crippen molar-refractivity contribution in [3.63, 3.8) is 0 Å². The van der Waals surface area contributed by atoms with E-state index in [-0.39, 0.29) is 5.91 Å². The molecule has 110 valence electrons. The molecule has 0 saturated heterocycles. The number of rotatable bonds is 6. The van der Waals surface area contributed by atoms with Crippen LogP contribution in [0.3, 0.4) is 0 Å². The molecular weight excluding hydrogens is 262 g/mol. The van der Waals surface area contributed by atoms with Crippen molar-refractivity contribution in [2.45, 2.75) is 26.8 Å². The Morgan fingerprint density at radius 2 is 2.05 bits per heavy atom. The summed E-state index contributed by atoms with van der Waals surface area (Å²) in [5.41, 5.74) is 3.83. The molecule has 0 atom stereocenters. The van der Waals surface area contributed by atoms with Gasteiger partial charge in [0.15, 0.2) is 0 Å². The maximum atomic E-state index is 11.9. The average Bonchev–Trinajstić information content (AvgIpc) is 2.52. The summed E-state index contributed by atoms with van der Waals surface area (Å²) in [7, 11) is 0. The van der Waals surface area contributed by atoms with E-state index in [1.165, 1.54) is 11.1 Å². The van der Waals surface area contributed by atoms with Gasteiger partial charge >= 0.3 is 0 Å². The van der Waals surface area contributed by atoms with E-state index >= 15 is 0 Å². The Morgan fingerprint density at radius 1 is 1.24 bits per heavy atom. The summed E-state index contributed by atoms with van der Waals surface area (Å²) in [4.78, 5) is 16.0. The highest BCUT2D eigenvalue weighted by Crippen LogP contribution is 2.12. The van der Waals surface area contributed by atoms with Gasteiger partial charge in [0.1, 0.15) is 5.69 Å². The molecule has 0 aliphatic heterocycles. The topological polar surface area (TPSA) is 54.0 Å². The third-order valence-corrected chi connectivity index (χ3v) is 3.27. The molecule has 0 fully saturated rings. The van der Waals surface area contributed by atoms with Crippen LogP contribution in [0.25, 0.3) is 0 Å². The first-order valence-electron chi connectivity index (χ1n) is 7.23. The fourth-order valence-electron chi connectivity index (χ4n) is 2.00. The van der Waals surface area contributed by atoms with Crippen molar-refractivity contribution in [1.82, 2.24) is 10.3 Å². The van der Waals surface area contributed by atoms with Crippen molar-refractivity contribution in [2.24, 2.45) is 0 Å². The SMILES string of the molecule is CCCNC(=O)c1cc(NCc2ccccc2C)ccn1. The number of hydrogen-bond donors (Lipinski definition) is 2. The molecule has 0 unspecified atom stereocenters. The maximum absolute atomic E-state index is 11.9. The number of benzene rings is 1. The Labute approximate surface area is 125 Å². The third-order valence-electron chi connectivity index (χ3n) is 3.27. The molecule has 1 amide bonds. The number of amides is 1. The van der Waals surface area contributed by atoms with Gasteiger partial charge in [0, 0.05) is 25.0 Å². The summed E-state index contributed by atoms with van der Waals surface area (Å²) >= 11 is 0. The van der Waals surface area contributed by atoms with Gasteiger partial charge in [-0.05, 0) is 36.6 Å². The van der Waals surface area contributed by atoms with Crippen LogP contribution in [-0.2, 0) is 6.54 Å². The Morgan fingerprint density at radius 3 is 2.81 bits per heavy atom. The lowest BCUT2D eigenvalue weighted by molar-refractivity contribution is 0.0949. The molecule has 4 nitrogen and oxygen atoms in total. The van der Waals surface area contributed by atoms with Crippen LogP contribution in [0.4, 0.5) is 5.69 Å².